The van der Waals surface area contributed by atoms with Gasteiger partial charge in [0.05, 0.1) is 0 Å². The number of rotatable bonds is 3. The quantitative estimate of drug-likeness (QED) is 0.732. The molecule has 0 N–H and O–H groups in total. The number of likely N-dealkylation sites (tertiary alicyclic amines) is 1. The van der Waals surface area contributed by atoms with Gasteiger partial charge < -0.3 is 4.90 Å². The zero-order chi connectivity index (χ0) is 13.8. The van der Waals surface area contributed by atoms with Crippen LogP contribution >= 0.6 is 0 Å². The average molecular weight is 263 g/mol. The molecule has 1 heterocycles. The first-order valence-electron chi connectivity index (χ1n) is 7.42. The lowest BCUT2D eigenvalue weighted by Crippen LogP contribution is -2.17. The Labute approximate surface area is 121 Å². The number of nitrogens with zero attached hydrogens (tertiary/aromatic N) is 1. The molecule has 102 valence electrons. The first-order chi connectivity index (χ1) is 9.83. The second-order valence-electron chi connectivity index (χ2n) is 5.50. The van der Waals surface area contributed by atoms with Crippen molar-refractivity contribution >= 4 is 11.8 Å². The van der Waals surface area contributed by atoms with Crippen molar-refractivity contribution in [3.63, 3.8) is 0 Å². The van der Waals surface area contributed by atoms with Crippen LogP contribution in [0.5, 0.6) is 0 Å². The van der Waals surface area contributed by atoms with Gasteiger partial charge in [0.25, 0.3) is 0 Å². The summed E-state index contributed by atoms with van der Waals surface area (Å²) in [5.74, 6) is 0. The highest BCUT2D eigenvalue weighted by Crippen LogP contribution is 2.26. The maximum Gasteiger partial charge on any atom is 0.0445 e. The van der Waals surface area contributed by atoms with Crippen LogP contribution in [0.3, 0.4) is 0 Å². The standard InChI is InChI=1S/C19H21N/c1-16-8-7-11-18(14-16)19(20-12-5-6-13-20)15-17-9-3-2-4-10-17/h2-4,7-11,14-15H,5-6,12-13H2,1H3. The molecule has 0 atom stereocenters. The Hall–Kier alpha value is -2.02. The molecule has 20 heavy (non-hydrogen) atoms. The van der Waals surface area contributed by atoms with Gasteiger partial charge in [0.1, 0.15) is 0 Å². The number of aryl methyl sites for hydroxylation is 1. The summed E-state index contributed by atoms with van der Waals surface area (Å²) in [5, 5.41) is 0. The summed E-state index contributed by atoms with van der Waals surface area (Å²) in [6.07, 6.45) is 4.93. The van der Waals surface area contributed by atoms with Gasteiger partial charge in [0, 0.05) is 18.8 Å². The Morgan fingerprint density at radius 1 is 0.950 bits per heavy atom. The van der Waals surface area contributed by atoms with Gasteiger partial charge >= 0.3 is 0 Å². The molecule has 1 aliphatic heterocycles. The Bertz CT molecular complexity index is 592. The molecule has 3 rings (SSSR count). The van der Waals surface area contributed by atoms with Crippen LogP contribution in [-0.2, 0) is 0 Å². The normalized spacial score (nSPS) is 15.7. The molecule has 0 amide bonds. The summed E-state index contributed by atoms with van der Waals surface area (Å²) >= 11 is 0. The highest BCUT2D eigenvalue weighted by molar-refractivity contribution is 5.80. The Balaban J connectivity index is 2.02. The molecule has 1 nitrogen and oxygen atoms in total. The summed E-state index contributed by atoms with van der Waals surface area (Å²) in [5.41, 5.74) is 5.28. The fraction of sp³-hybridized carbons (Fsp3) is 0.263. The Morgan fingerprint density at radius 3 is 2.40 bits per heavy atom. The molecule has 0 saturated carbocycles. The zero-order valence-corrected chi connectivity index (χ0v) is 12.0. The summed E-state index contributed by atoms with van der Waals surface area (Å²) in [7, 11) is 0. The van der Waals surface area contributed by atoms with Crippen LogP contribution in [0.25, 0.3) is 11.8 Å². The monoisotopic (exact) mass is 263 g/mol. The van der Waals surface area contributed by atoms with Gasteiger partial charge in [-0.25, -0.2) is 0 Å². The van der Waals surface area contributed by atoms with Crippen molar-refractivity contribution in [3.05, 3.63) is 71.3 Å². The first-order valence-corrected chi connectivity index (χ1v) is 7.42. The van der Waals surface area contributed by atoms with Crippen LogP contribution in [0, 0.1) is 6.92 Å². The van der Waals surface area contributed by atoms with Crippen molar-refractivity contribution in [2.24, 2.45) is 0 Å². The predicted molar refractivity (Wildman–Crippen MR) is 86.3 cm³/mol. The first kappa shape index (κ1) is 13.0. The van der Waals surface area contributed by atoms with E-state index in [0.717, 1.165) is 0 Å². The van der Waals surface area contributed by atoms with Crippen molar-refractivity contribution < 1.29 is 0 Å². The Morgan fingerprint density at radius 2 is 1.70 bits per heavy atom. The molecule has 1 heteroatoms. The van der Waals surface area contributed by atoms with Gasteiger partial charge in [-0.3, -0.25) is 0 Å². The predicted octanol–water partition coefficient (Wildman–Crippen LogP) is 4.59. The van der Waals surface area contributed by atoms with Crippen molar-refractivity contribution in [3.8, 4) is 0 Å². The maximum atomic E-state index is 2.52. The summed E-state index contributed by atoms with van der Waals surface area (Å²) < 4.78 is 0. The van der Waals surface area contributed by atoms with E-state index >= 15 is 0 Å². The minimum atomic E-state index is 1.17. The molecule has 0 unspecified atom stereocenters. The van der Waals surface area contributed by atoms with Crippen LogP contribution in [0.1, 0.15) is 29.5 Å². The average Bonchev–Trinajstić information content (AvgIpc) is 3.00. The van der Waals surface area contributed by atoms with E-state index in [9.17, 15) is 0 Å². The van der Waals surface area contributed by atoms with Gasteiger partial charge in [-0.2, -0.15) is 0 Å². The molecule has 2 aromatic rings. The molecule has 0 aromatic heterocycles. The zero-order valence-electron chi connectivity index (χ0n) is 12.0. The second kappa shape index (κ2) is 5.96. The fourth-order valence-electron chi connectivity index (χ4n) is 2.83. The third-order valence-corrected chi connectivity index (χ3v) is 3.86. The molecule has 1 fully saturated rings. The molecule has 0 aliphatic carbocycles. The van der Waals surface area contributed by atoms with Gasteiger partial charge in [0.15, 0.2) is 0 Å². The molecule has 0 spiro atoms. The molecule has 0 radical (unpaired) electrons. The molecule has 0 bridgehead atoms. The van der Waals surface area contributed by atoms with Crippen LogP contribution in [0.15, 0.2) is 54.6 Å². The minimum Gasteiger partial charge on any atom is -0.371 e. The van der Waals surface area contributed by atoms with Crippen molar-refractivity contribution in [1.82, 2.24) is 4.90 Å². The highest BCUT2D eigenvalue weighted by Gasteiger charge is 2.16. The number of benzene rings is 2. The molecular weight excluding hydrogens is 242 g/mol. The number of hydrogen-bond acceptors (Lipinski definition) is 1. The summed E-state index contributed by atoms with van der Waals surface area (Å²) in [6, 6.07) is 19.4. The van der Waals surface area contributed by atoms with Crippen LogP contribution in [0.2, 0.25) is 0 Å². The van der Waals surface area contributed by atoms with E-state index < -0.39 is 0 Å². The lowest BCUT2D eigenvalue weighted by Gasteiger charge is -2.22. The molecule has 1 aliphatic rings. The molecular formula is C19H21N. The van der Waals surface area contributed by atoms with E-state index in [1.807, 2.05) is 0 Å². The lowest BCUT2D eigenvalue weighted by molar-refractivity contribution is 0.495. The van der Waals surface area contributed by atoms with E-state index in [0.29, 0.717) is 0 Å². The van der Waals surface area contributed by atoms with E-state index in [1.165, 1.54) is 48.3 Å². The van der Waals surface area contributed by atoms with E-state index in [4.69, 9.17) is 0 Å². The van der Waals surface area contributed by atoms with Crippen LogP contribution in [-0.4, -0.2) is 18.0 Å². The lowest BCUT2D eigenvalue weighted by atomic mass is 10.1. The van der Waals surface area contributed by atoms with Gasteiger partial charge in [-0.05, 0) is 43.0 Å². The number of hydrogen-bond donors (Lipinski definition) is 0. The van der Waals surface area contributed by atoms with Gasteiger partial charge in [-0.1, -0.05) is 54.1 Å². The smallest absolute Gasteiger partial charge is 0.0445 e. The minimum absolute atomic E-state index is 1.17. The van der Waals surface area contributed by atoms with Crippen LogP contribution < -0.4 is 0 Å². The van der Waals surface area contributed by atoms with E-state index in [2.05, 4.69) is 72.5 Å². The topological polar surface area (TPSA) is 3.24 Å². The van der Waals surface area contributed by atoms with E-state index in [-0.39, 0.29) is 0 Å². The Kier molecular flexibility index (Phi) is 3.87. The van der Waals surface area contributed by atoms with Crippen molar-refractivity contribution in [2.75, 3.05) is 13.1 Å². The molecule has 1 saturated heterocycles. The maximum absolute atomic E-state index is 2.52. The van der Waals surface area contributed by atoms with Crippen molar-refractivity contribution in [1.29, 1.82) is 0 Å². The SMILES string of the molecule is Cc1cccc(C(=Cc2ccccc2)N2CCCC2)c1. The van der Waals surface area contributed by atoms with Crippen LogP contribution in [0.4, 0.5) is 0 Å². The molecule has 2 aromatic carbocycles. The third kappa shape index (κ3) is 2.93. The summed E-state index contributed by atoms with van der Waals surface area (Å²) in [4.78, 5) is 2.52. The van der Waals surface area contributed by atoms with Gasteiger partial charge in [-0.15, -0.1) is 0 Å². The van der Waals surface area contributed by atoms with Gasteiger partial charge in [0.2, 0.25) is 0 Å². The highest BCUT2D eigenvalue weighted by atomic mass is 15.1. The third-order valence-electron chi connectivity index (χ3n) is 3.86. The summed E-state index contributed by atoms with van der Waals surface area (Å²) in [6.45, 7) is 4.51. The fourth-order valence-corrected chi connectivity index (χ4v) is 2.83. The largest absolute Gasteiger partial charge is 0.371 e. The van der Waals surface area contributed by atoms with Crippen molar-refractivity contribution in [2.45, 2.75) is 19.8 Å². The van der Waals surface area contributed by atoms with E-state index in [1.54, 1.807) is 0 Å². The second-order valence-corrected chi connectivity index (χ2v) is 5.50.